The summed E-state index contributed by atoms with van der Waals surface area (Å²) in [5.41, 5.74) is 4.21. The molecule has 0 spiro atoms. The van der Waals surface area contributed by atoms with E-state index in [-0.39, 0.29) is 0 Å². The summed E-state index contributed by atoms with van der Waals surface area (Å²) in [6.07, 6.45) is 2.04. The molecule has 2 heterocycles. The van der Waals surface area contributed by atoms with Gasteiger partial charge < -0.3 is 9.64 Å². The maximum atomic E-state index is 6.03. The summed E-state index contributed by atoms with van der Waals surface area (Å²) in [5, 5.41) is 0. The zero-order chi connectivity index (χ0) is 16.4. The second-order valence-electron chi connectivity index (χ2n) is 5.83. The van der Waals surface area contributed by atoms with Crippen molar-refractivity contribution in [2.45, 2.75) is 20.1 Å². The molecule has 0 aliphatic heterocycles. The fraction of sp³-hybridized carbons (Fsp3) is 0.278. The van der Waals surface area contributed by atoms with E-state index in [0.717, 1.165) is 33.7 Å². The van der Waals surface area contributed by atoms with Crippen molar-refractivity contribution in [3.63, 3.8) is 0 Å². The number of fused-ring (bicyclic) bond motifs is 1. The Morgan fingerprint density at radius 1 is 1.17 bits per heavy atom. The van der Waals surface area contributed by atoms with E-state index in [0.29, 0.717) is 6.61 Å². The summed E-state index contributed by atoms with van der Waals surface area (Å²) in [7, 11) is 4.12. The summed E-state index contributed by atoms with van der Waals surface area (Å²) < 4.78 is 9.20. The highest BCUT2D eigenvalue weighted by Crippen LogP contribution is 2.25. The molecule has 1 aromatic carbocycles. The van der Waals surface area contributed by atoms with E-state index in [2.05, 4.69) is 45.4 Å². The number of benzene rings is 1. The molecule has 0 N–H and O–H groups in total. The average Bonchev–Trinajstić information content (AvgIpc) is 2.83. The van der Waals surface area contributed by atoms with E-state index in [1.165, 1.54) is 5.69 Å². The Kier molecular flexibility index (Phi) is 4.68. The van der Waals surface area contributed by atoms with Crippen LogP contribution < -0.4 is 4.74 Å². The molecule has 0 radical (unpaired) electrons. The van der Waals surface area contributed by atoms with Crippen LogP contribution in [0.4, 0.5) is 0 Å². The average molecular weight is 374 g/mol. The van der Waals surface area contributed by atoms with E-state index in [4.69, 9.17) is 9.72 Å². The molecule has 5 heteroatoms. The number of aromatic nitrogens is 2. The van der Waals surface area contributed by atoms with Gasteiger partial charge in [-0.1, -0.05) is 34.1 Å². The minimum absolute atomic E-state index is 0.510. The molecule has 0 aliphatic carbocycles. The number of imidazole rings is 1. The van der Waals surface area contributed by atoms with Gasteiger partial charge in [-0.2, -0.15) is 0 Å². The van der Waals surface area contributed by atoms with Gasteiger partial charge in [0.1, 0.15) is 6.61 Å². The van der Waals surface area contributed by atoms with Crippen LogP contribution in [0.25, 0.3) is 5.65 Å². The number of aryl methyl sites for hydroxylation is 1. The molecule has 3 rings (SSSR count). The maximum Gasteiger partial charge on any atom is 0.180 e. The van der Waals surface area contributed by atoms with E-state index in [9.17, 15) is 0 Å². The molecular formula is C18H20BrN3O. The molecule has 0 saturated heterocycles. The van der Waals surface area contributed by atoms with E-state index < -0.39 is 0 Å². The van der Waals surface area contributed by atoms with Gasteiger partial charge in [-0.25, -0.2) is 4.98 Å². The van der Waals surface area contributed by atoms with Crippen LogP contribution in [0.1, 0.15) is 17.0 Å². The van der Waals surface area contributed by atoms with Crippen molar-refractivity contribution in [3.8, 4) is 5.75 Å². The van der Waals surface area contributed by atoms with Crippen molar-refractivity contribution < 1.29 is 4.74 Å². The molecular weight excluding hydrogens is 354 g/mol. The van der Waals surface area contributed by atoms with Crippen LogP contribution in [0.2, 0.25) is 0 Å². The summed E-state index contributed by atoms with van der Waals surface area (Å²) in [5.74, 6) is 0.802. The molecule has 0 saturated carbocycles. The lowest BCUT2D eigenvalue weighted by molar-refractivity contribution is 0.307. The molecule has 4 nitrogen and oxygen atoms in total. The van der Waals surface area contributed by atoms with Crippen LogP contribution in [-0.4, -0.2) is 28.4 Å². The molecule has 0 bridgehead atoms. The molecule has 120 valence electrons. The Hall–Kier alpha value is -1.85. The van der Waals surface area contributed by atoms with Crippen molar-refractivity contribution in [3.05, 3.63) is 64.0 Å². The highest BCUT2D eigenvalue weighted by Gasteiger charge is 2.13. The SMILES string of the molecule is Cc1nc2c(OCc3ccccc3Br)cccn2c1CN(C)C. The molecule has 0 unspecified atom stereocenters. The number of hydrogen-bond donors (Lipinski definition) is 0. The third-order valence-corrected chi connectivity index (χ3v) is 4.49. The number of nitrogens with zero attached hydrogens (tertiary/aromatic N) is 3. The van der Waals surface area contributed by atoms with Crippen LogP contribution in [0, 0.1) is 6.92 Å². The Balaban J connectivity index is 1.91. The maximum absolute atomic E-state index is 6.03. The summed E-state index contributed by atoms with van der Waals surface area (Å²) in [6, 6.07) is 12.1. The normalized spacial score (nSPS) is 11.3. The number of ether oxygens (including phenoxy) is 1. The second-order valence-corrected chi connectivity index (χ2v) is 6.68. The van der Waals surface area contributed by atoms with Crippen molar-refractivity contribution in [1.82, 2.24) is 14.3 Å². The van der Waals surface area contributed by atoms with E-state index >= 15 is 0 Å². The van der Waals surface area contributed by atoms with Gasteiger partial charge in [0.05, 0.1) is 11.4 Å². The number of hydrogen-bond acceptors (Lipinski definition) is 3. The van der Waals surface area contributed by atoms with Gasteiger partial charge >= 0.3 is 0 Å². The van der Waals surface area contributed by atoms with Crippen molar-refractivity contribution in [2.24, 2.45) is 0 Å². The van der Waals surface area contributed by atoms with Gasteiger partial charge in [-0.3, -0.25) is 4.40 Å². The number of pyridine rings is 1. The summed E-state index contributed by atoms with van der Waals surface area (Å²) >= 11 is 3.56. The molecule has 0 aliphatic rings. The van der Waals surface area contributed by atoms with Crippen molar-refractivity contribution in [2.75, 3.05) is 14.1 Å². The standard InChI is InChI=1S/C18H20BrN3O/c1-13-16(11-21(2)3)22-10-6-9-17(18(22)20-13)23-12-14-7-4-5-8-15(14)19/h4-10H,11-12H2,1-3H3. The smallest absolute Gasteiger partial charge is 0.180 e. The number of rotatable bonds is 5. The second kappa shape index (κ2) is 6.72. The Bertz CT molecular complexity index is 826. The van der Waals surface area contributed by atoms with E-state index in [1.807, 2.05) is 43.5 Å². The Morgan fingerprint density at radius 2 is 1.96 bits per heavy atom. The minimum Gasteiger partial charge on any atom is -0.485 e. The van der Waals surface area contributed by atoms with Crippen LogP contribution in [0.5, 0.6) is 5.75 Å². The zero-order valence-corrected chi connectivity index (χ0v) is 15.2. The molecule has 0 amide bonds. The fourth-order valence-corrected chi connectivity index (χ4v) is 2.98. The van der Waals surface area contributed by atoms with Crippen LogP contribution in [-0.2, 0) is 13.2 Å². The van der Waals surface area contributed by atoms with Gasteiger partial charge in [-0.15, -0.1) is 0 Å². The number of halogens is 1. The highest BCUT2D eigenvalue weighted by atomic mass is 79.9. The van der Waals surface area contributed by atoms with Gasteiger partial charge in [-0.05, 0) is 39.2 Å². The lowest BCUT2D eigenvalue weighted by atomic mass is 10.2. The monoisotopic (exact) mass is 373 g/mol. The minimum atomic E-state index is 0.510. The third-order valence-electron chi connectivity index (χ3n) is 3.72. The molecule has 2 aromatic heterocycles. The summed E-state index contributed by atoms with van der Waals surface area (Å²) in [6.45, 7) is 3.40. The van der Waals surface area contributed by atoms with Crippen LogP contribution >= 0.6 is 15.9 Å². The Morgan fingerprint density at radius 3 is 2.70 bits per heavy atom. The summed E-state index contributed by atoms with van der Waals surface area (Å²) in [4.78, 5) is 6.84. The Labute approximate surface area is 144 Å². The predicted octanol–water partition coefficient (Wildman–Crippen LogP) is 4.05. The zero-order valence-electron chi connectivity index (χ0n) is 13.6. The topological polar surface area (TPSA) is 29.8 Å². The van der Waals surface area contributed by atoms with Gasteiger partial charge in [0, 0.05) is 22.8 Å². The first kappa shape index (κ1) is 16.0. The quantitative estimate of drug-likeness (QED) is 0.675. The fourth-order valence-electron chi connectivity index (χ4n) is 2.58. The van der Waals surface area contributed by atoms with E-state index in [1.54, 1.807) is 0 Å². The lowest BCUT2D eigenvalue weighted by Crippen LogP contribution is -2.13. The van der Waals surface area contributed by atoms with Gasteiger partial charge in [0.2, 0.25) is 0 Å². The first-order chi connectivity index (χ1) is 11.1. The van der Waals surface area contributed by atoms with Gasteiger partial charge in [0.25, 0.3) is 0 Å². The first-order valence-corrected chi connectivity index (χ1v) is 8.33. The van der Waals surface area contributed by atoms with Gasteiger partial charge in [0.15, 0.2) is 11.4 Å². The first-order valence-electron chi connectivity index (χ1n) is 7.53. The van der Waals surface area contributed by atoms with Crippen LogP contribution in [0.3, 0.4) is 0 Å². The lowest BCUT2D eigenvalue weighted by Gasteiger charge is -2.11. The van der Waals surface area contributed by atoms with Crippen LogP contribution in [0.15, 0.2) is 47.1 Å². The third kappa shape index (κ3) is 3.41. The molecule has 0 atom stereocenters. The highest BCUT2D eigenvalue weighted by molar-refractivity contribution is 9.10. The molecule has 0 fully saturated rings. The van der Waals surface area contributed by atoms with Crippen molar-refractivity contribution in [1.29, 1.82) is 0 Å². The largest absolute Gasteiger partial charge is 0.485 e. The molecule has 3 aromatic rings. The predicted molar refractivity (Wildman–Crippen MR) is 95.8 cm³/mol. The van der Waals surface area contributed by atoms with Crippen molar-refractivity contribution >= 4 is 21.6 Å². The molecule has 23 heavy (non-hydrogen) atoms.